The van der Waals surface area contributed by atoms with Gasteiger partial charge in [0.25, 0.3) is 0 Å². The maximum absolute atomic E-state index is 11.6. The molecule has 0 aromatic carbocycles. The molecule has 0 radical (unpaired) electrons. The lowest BCUT2D eigenvalue weighted by Crippen LogP contribution is -2.47. The topological polar surface area (TPSA) is 72.6 Å². The van der Waals surface area contributed by atoms with Crippen molar-refractivity contribution in [2.45, 2.75) is 25.2 Å². The van der Waals surface area contributed by atoms with Gasteiger partial charge in [-0.05, 0) is 13.8 Å². The Morgan fingerprint density at radius 3 is 2.65 bits per heavy atom. The highest BCUT2D eigenvalue weighted by molar-refractivity contribution is 7.92. The van der Waals surface area contributed by atoms with E-state index in [-0.39, 0.29) is 29.5 Å². The van der Waals surface area contributed by atoms with Gasteiger partial charge in [-0.15, -0.1) is 12.4 Å². The van der Waals surface area contributed by atoms with Gasteiger partial charge < -0.3 is 10.5 Å². The quantitative estimate of drug-likeness (QED) is 0.764. The van der Waals surface area contributed by atoms with E-state index in [1.54, 1.807) is 13.8 Å². The fraction of sp³-hybridized carbons (Fsp3) is 1.00. The van der Waals surface area contributed by atoms with Crippen molar-refractivity contribution >= 4 is 22.2 Å². The van der Waals surface area contributed by atoms with Crippen molar-refractivity contribution in [3.05, 3.63) is 0 Å². The smallest absolute Gasteiger partial charge is 0.153 e. The summed E-state index contributed by atoms with van der Waals surface area (Å²) in [4.78, 5) is 2.11. The molecule has 0 amide bonds. The van der Waals surface area contributed by atoms with E-state index < -0.39 is 9.84 Å². The zero-order valence-corrected chi connectivity index (χ0v) is 12.1. The van der Waals surface area contributed by atoms with E-state index in [2.05, 4.69) is 4.90 Å². The van der Waals surface area contributed by atoms with Crippen LogP contribution < -0.4 is 5.73 Å². The highest BCUT2D eigenvalue weighted by atomic mass is 35.5. The average Bonchev–Trinajstić information content (AvgIpc) is 2.26. The standard InChI is InChI=1S/C10H22N2O3S.ClH/c1-9(2)16(13,14)6-4-12-3-5-15-10(7-11)8-12;/h9-10H,3-8,11H2,1-2H3;1H. The van der Waals surface area contributed by atoms with E-state index in [0.717, 1.165) is 13.1 Å². The number of nitrogens with two attached hydrogens (primary N) is 1. The minimum atomic E-state index is -2.94. The first kappa shape index (κ1) is 17.1. The molecule has 1 rings (SSSR count). The summed E-state index contributed by atoms with van der Waals surface area (Å²) >= 11 is 0. The third kappa shape index (κ3) is 5.52. The summed E-state index contributed by atoms with van der Waals surface area (Å²) in [5.41, 5.74) is 5.53. The fourth-order valence-corrected chi connectivity index (χ4v) is 2.60. The Morgan fingerprint density at radius 1 is 1.47 bits per heavy atom. The zero-order valence-electron chi connectivity index (χ0n) is 10.5. The van der Waals surface area contributed by atoms with Gasteiger partial charge in [-0.2, -0.15) is 0 Å². The van der Waals surface area contributed by atoms with Crippen LogP contribution in [0.2, 0.25) is 0 Å². The number of morpholine rings is 1. The molecule has 0 bridgehead atoms. The Morgan fingerprint density at radius 2 is 2.12 bits per heavy atom. The van der Waals surface area contributed by atoms with Gasteiger partial charge in [-0.3, -0.25) is 4.90 Å². The summed E-state index contributed by atoms with van der Waals surface area (Å²) in [7, 11) is -2.94. The maximum Gasteiger partial charge on any atom is 0.153 e. The van der Waals surface area contributed by atoms with Crippen molar-refractivity contribution in [2.24, 2.45) is 5.73 Å². The van der Waals surface area contributed by atoms with Gasteiger partial charge >= 0.3 is 0 Å². The Bertz CT molecular complexity index is 309. The number of hydrogen-bond acceptors (Lipinski definition) is 5. The second kappa shape index (κ2) is 7.53. The summed E-state index contributed by atoms with van der Waals surface area (Å²) in [6, 6.07) is 0. The minimum absolute atomic E-state index is 0. The molecular weight excluding hydrogens is 264 g/mol. The molecule has 7 heteroatoms. The predicted molar refractivity (Wildman–Crippen MR) is 71.4 cm³/mol. The predicted octanol–water partition coefficient (Wildman–Crippen LogP) is -0.109. The van der Waals surface area contributed by atoms with Crippen molar-refractivity contribution in [1.29, 1.82) is 0 Å². The lowest BCUT2D eigenvalue weighted by atomic mass is 10.3. The second-order valence-electron chi connectivity index (χ2n) is 4.44. The lowest BCUT2D eigenvalue weighted by Gasteiger charge is -2.32. The molecule has 0 aliphatic carbocycles. The van der Waals surface area contributed by atoms with E-state index in [1.807, 2.05) is 0 Å². The van der Waals surface area contributed by atoms with Gasteiger partial charge in [-0.1, -0.05) is 0 Å². The molecule has 104 valence electrons. The van der Waals surface area contributed by atoms with Gasteiger partial charge in [0.2, 0.25) is 0 Å². The number of nitrogens with zero attached hydrogens (tertiary/aromatic N) is 1. The van der Waals surface area contributed by atoms with Crippen LogP contribution in [0.3, 0.4) is 0 Å². The third-order valence-electron chi connectivity index (χ3n) is 2.90. The molecule has 0 aromatic rings. The van der Waals surface area contributed by atoms with Gasteiger partial charge in [0.05, 0.1) is 23.7 Å². The molecule has 2 N–H and O–H groups in total. The number of sulfone groups is 1. The van der Waals surface area contributed by atoms with Crippen LogP contribution in [-0.4, -0.2) is 63.2 Å². The molecule has 17 heavy (non-hydrogen) atoms. The Labute approximate surface area is 110 Å². The second-order valence-corrected chi connectivity index (χ2v) is 7.12. The van der Waals surface area contributed by atoms with E-state index in [9.17, 15) is 8.42 Å². The van der Waals surface area contributed by atoms with Crippen molar-refractivity contribution in [3.63, 3.8) is 0 Å². The molecule has 1 fully saturated rings. The van der Waals surface area contributed by atoms with E-state index in [4.69, 9.17) is 10.5 Å². The Kier molecular flexibility index (Phi) is 7.58. The number of hydrogen-bond donors (Lipinski definition) is 1. The van der Waals surface area contributed by atoms with Crippen LogP contribution in [0.15, 0.2) is 0 Å². The Hall–Kier alpha value is 0.120. The first-order valence-electron chi connectivity index (χ1n) is 5.71. The zero-order chi connectivity index (χ0) is 12.2. The first-order chi connectivity index (χ1) is 7.45. The summed E-state index contributed by atoms with van der Waals surface area (Å²) in [6.07, 6.45) is 0.0514. The number of halogens is 1. The van der Waals surface area contributed by atoms with E-state index >= 15 is 0 Å². The largest absolute Gasteiger partial charge is 0.374 e. The average molecular weight is 287 g/mol. The van der Waals surface area contributed by atoms with Crippen LogP contribution in [-0.2, 0) is 14.6 Å². The van der Waals surface area contributed by atoms with Crippen molar-refractivity contribution < 1.29 is 13.2 Å². The van der Waals surface area contributed by atoms with Crippen LogP contribution in [0.4, 0.5) is 0 Å². The molecule has 0 spiro atoms. The molecular formula is C10H23ClN2O3S. The molecule has 1 atom stereocenters. The molecule has 1 aliphatic heterocycles. The van der Waals surface area contributed by atoms with E-state index in [1.165, 1.54) is 0 Å². The summed E-state index contributed by atoms with van der Waals surface area (Å²) in [5.74, 6) is 0.224. The lowest BCUT2D eigenvalue weighted by molar-refractivity contribution is -0.0209. The van der Waals surface area contributed by atoms with Crippen LogP contribution in [0.1, 0.15) is 13.8 Å². The van der Waals surface area contributed by atoms with Gasteiger partial charge in [-0.25, -0.2) is 8.42 Å². The van der Waals surface area contributed by atoms with Crippen molar-refractivity contribution in [1.82, 2.24) is 4.90 Å². The molecule has 5 nitrogen and oxygen atoms in total. The highest BCUT2D eigenvalue weighted by Gasteiger charge is 2.22. The van der Waals surface area contributed by atoms with Gasteiger partial charge in [0, 0.05) is 26.2 Å². The number of ether oxygens (including phenoxy) is 1. The number of rotatable bonds is 5. The monoisotopic (exact) mass is 286 g/mol. The molecule has 1 aliphatic rings. The third-order valence-corrected chi connectivity index (χ3v) is 5.08. The molecule has 0 saturated carbocycles. The van der Waals surface area contributed by atoms with Gasteiger partial charge in [0.15, 0.2) is 9.84 Å². The van der Waals surface area contributed by atoms with Crippen LogP contribution in [0, 0.1) is 0 Å². The van der Waals surface area contributed by atoms with E-state index in [0.29, 0.717) is 19.7 Å². The summed E-state index contributed by atoms with van der Waals surface area (Å²) in [6.45, 7) is 6.69. The SMILES string of the molecule is CC(C)S(=O)(=O)CCN1CCOC(CN)C1.Cl. The molecule has 1 unspecified atom stereocenters. The van der Waals surface area contributed by atoms with Crippen LogP contribution in [0.5, 0.6) is 0 Å². The molecule has 0 aromatic heterocycles. The minimum Gasteiger partial charge on any atom is -0.374 e. The van der Waals surface area contributed by atoms with Crippen molar-refractivity contribution in [3.8, 4) is 0 Å². The fourth-order valence-electron chi connectivity index (χ4n) is 1.62. The Balaban J connectivity index is 0.00000256. The van der Waals surface area contributed by atoms with Crippen LogP contribution >= 0.6 is 12.4 Å². The summed E-state index contributed by atoms with van der Waals surface area (Å²) in [5, 5.41) is -0.293. The maximum atomic E-state index is 11.6. The van der Waals surface area contributed by atoms with Gasteiger partial charge in [0.1, 0.15) is 0 Å². The van der Waals surface area contributed by atoms with Crippen molar-refractivity contribution in [2.75, 3.05) is 38.5 Å². The normalized spacial score (nSPS) is 22.5. The van der Waals surface area contributed by atoms with Crippen LogP contribution in [0.25, 0.3) is 0 Å². The first-order valence-corrected chi connectivity index (χ1v) is 7.43. The highest BCUT2D eigenvalue weighted by Crippen LogP contribution is 2.06. The molecule has 1 heterocycles. The summed E-state index contributed by atoms with van der Waals surface area (Å²) < 4.78 is 28.7. The molecule has 1 saturated heterocycles.